The predicted octanol–water partition coefficient (Wildman–Crippen LogP) is 1.98. The van der Waals surface area contributed by atoms with E-state index in [0.29, 0.717) is 17.8 Å². The highest BCUT2D eigenvalue weighted by molar-refractivity contribution is 5.93. The van der Waals surface area contributed by atoms with E-state index >= 15 is 0 Å². The first-order chi connectivity index (χ1) is 10.6. The lowest BCUT2D eigenvalue weighted by molar-refractivity contribution is 0.0931. The maximum absolute atomic E-state index is 12.1. The number of ether oxygens (including phenoxy) is 1. The van der Waals surface area contributed by atoms with Gasteiger partial charge in [0.05, 0.1) is 12.8 Å². The van der Waals surface area contributed by atoms with E-state index < -0.39 is 0 Å². The van der Waals surface area contributed by atoms with Gasteiger partial charge in [0, 0.05) is 18.2 Å². The summed E-state index contributed by atoms with van der Waals surface area (Å²) in [6.07, 6.45) is 1.40. The van der Waals surface area contributed by atoms with Gasteiger partial charge >= 0.3 is 0 Å². The van der Waals surface area contributed by atoms with Crippen LogP contribution in [-0.2, 0) is 0 Å². The fourth-order valence-corrected chi connectivity index (χ4v) is 2.14. The summed E-state index contributed by atoms with van der Waals surface area (Å²) in [5.41, 5.74) is 1.98. The molecular weight excluding hydrogens is 282 g/mol. The Labute approximate surface area is 129 Å². The van der Waals surface area contributed by atoms with Gasteiger partial charge in [-0.15, -0.1) is 0 Å². The second kappa shape index (κ2) is 7.61. The molecule has 0 saturated carbocycles. The topological polar surface area (TPSA) is 87.2 Å². The van der Waals surface area contributed by atoms with Gasteiger partial charge in [-0.1, -0.05) is 12.1 Å². The first kappa shape index (κ1) is 16.0. The number of rotatable bonds is 7. The van der Waals surface area contributed by atoms with E-state index in [1.54, 1.807) is 13.2 Å². The van der Waals surface area contributed by atoms with Crippen molar-refractivity contribution in [2.24, 2.45) is 0 Å². The van der Waals surface area contributed by atoms with Crippen LogP contribution in [0.3, 0.4) is 0 Å². The lowest BCUT2D eigenvalue weighted by Crippen LogP contribution is -2.32. The number of aliphatic hydroxyl groups excluding tert-OH is 1. The molecule has 6 heteroatoms. The molecule has 0 saturated heterocycles. The SMILES string of the molecule is COc1cccc(-c2cc(C(=O)NC(C)CCCO)[nH]n2)c1. The third kappa shape index (κ3) is 4.08. The van der Waals surface area contributed by atoms with Crippen LogP contribution in [0.4, 0.5) is 0 Å². The van der Waals surface area contributed by atoms with E-state index in [2.05, 4.69) is 15.5 Å². The van der Waals surface area contributed by atoms with Gasteiger partial charge in [-0.2, -0.15) is 5.10 Å². The largest absolute Gasteiger partial charge is 0.497 e. The normalized spacial score (nSPS) is 12.0. The number of methoxy groups -OCH3 is 1. The summed E-state index contributed by atoms with van der Waals surface area (Å²) in [6, 6.07) is 9.21. The number of aromatic nitrogens is 2. The fraction of sp³-hybridized carbons (Fsp3) is 0.375. The third-order valence-corrected chi connectivity index (χ3v) is 3.36. The molecular formula is C16H21N3O3. The highest BCUT2D eigenvalue weighted by Crippen LogP contribution is 2.22. The Morgan fingerprint density at radius 1 is 1.45 bits per heavy atom. The first-order valence-corrected chi connectivity index (χ1v) is 7.25. The average molecular weight is 303 g/mol. The molecule has 1 aromatic carbocycles. The minimum atomic E-state index is -0.202. The van der Waals surface area contributed by atoms with Crippen LogP contribution in [0.25, 0.3) is 11.3 Å². The van der Waals surface area contributed by atoms with Crippen LogP contribution < -0.4 is 10.1 Å². The van der Waals surface area contributed by atoms with Crippen molar-refractivity contribution >= 4 is 5.91 Å². The molecule has 0 aliphatic carbocycles. The van der Waals surface area contributed by atoms with E-state index in [0.717, 1.165) is 17.7 Å². The minimum absolute atomic E-state index is 0.00298. The van der Waals surface area contributed by atoms with E-state index in [4.69, 9.17) is 9.84 Å². The van der Waals surface area contributed by atoms with Crippen molar-refractivity contribution in [3.05, 3.63) is 36.0 Å². The van der Waals surface area contributed by atoms with E-state index in [-0.39, 0.29) is 18.6 Å². The van der Waals surface area contributed by atoms with Crippen LogP contribution >= 0.6 is 0 Å². The number of aromatic amines is 1. The lowest BCUT2D eigenvalue weighted by atomic mass is 10.1. The molecule has 0 aliphatic rings. The van der Waals surface area contributed by atoms with Crippen molar-refractivity contribution in [2.75, 3.05) is 13.7 Å². The molecule has 1 amide bonds. The van der Waals surface area contributed by atoms with Gasteiger partial charge in [0.1, 0.15) is 11.4 Å². The Bertz CT molecular complexity index is 625. The fourth-order valence-electron chi connectivity index (χ4n) is 2.14. The van der Waals surface area contributed by atoms with Crippen LogP contribution in [-0.4, -0.2) is 41.0 Å². The molecule has 0 radical (unpaired) electrons. The van der Waals surface area contributed by atoms with Crippen LogP contribution in [0.5, 0.6) is 5.75 Å². The molecule has 0 fully saturated rings. The summed E-state index contributed by atoms with van der Waals surface area (Å²) in [6.45, 7) is 2.04. The smallest absolute Gasteiger partial charge is 0.269 e. The van der Waals surface area contributed by atoms with Gasteiger partial charge in [0.15, 0.2) is 0 Å². The van der Waals surface area contributed by atoms with Crippen LogP contribution in [0.2, 0.25) is 0 Å². The summed E-state index contributed by atoms with van der Waals surface area (Å²) in [5, 5.41) is 18.6. The zero-order chi connectivity index (χ0) is 15.9. The molecule has 1 heterocycles. The quantitative estimate of drug-likeness (QED) is 0.730. The number of carbonyl (C=O) groups is 1. The highest BCUT2D eigenvalue weighted by atomic mass is 16.5. The second-order valence-corrected chi connectivity index (χ2v) is 5.14. The molecule has 2 rings (SSSR count). The molecule has 6 nitrogen and oxygen atoms in total. The number of hydrogen-bond acceptors (Lipinski definition) is 4. The van der Waals surface area contributed by atoms with Gasteiger partial charge < -0.3 is 15.2 Å². The zero-order valence-corrected chi connectivity index (χ0v) is 12.8. The second-order valence-electron chi connectivity index (χ2n) is 5.14. The summed E-state index contributed by atoms with van der Waals surface area (Å²) in [4.78, 5) is 12.1. The Morgan fingerprint density at radius 2 is 2.27 bits per heavy atom. The molecule has 0 bridgehead atoms. The van der Waals surface area contributed by atoms with Crippen LogP contribution in [0.15, 0.2) is 30.3 Å². The summed E-state index contributed by atoms with van der Waals surface area (Å²) >= 11 is 0. The Kier molecular flexibility index (Phi) is 5.55. The monoisotopic (exact) mass is 303 g/mol. The standard InChI is InChI=1S/C16H21N3O3/c1-11(5-4-8-20)17-16(21)15-10-14(18-19-15)12-6-3-7-13(9-12)22-2/h3,6-7,9-11,20H,4-5,8H2,1-2H3,(H,17,21)(H,18,19). The van der Waals surface area contributed by atoms with Crippen molar-refractivity contribution < 1.29 is 14.6 Å². The Morgan fingerprint density at radius 3 is 3.00 bits per heavy atom. The van der Waals surface area contributed by atoms with Gasteiger partial charge in [0.25, 0.3) is 5.91 Å². The highest BCUT2D eigenvalue weighted by Gasteiger charge is 2.13. The number of hydrogen-bond donors (Lipinski definition) is 3. The molecule has 118 valence electrons. The molecule has 22 heavy (non-hydrogen) atoms. The number of amides is 1. The van der Waals surface area contributed by atoms with Crippen LogP contribution in [0, 0.1) is 0 Å². The van der Waals surface area contributed by atoms with Crippen molar-refractivity contribution in [3.63, 3.8) is 0 Å². The maximum Gasteiger partial charge on any atom is 0.269 e. The number of carbonyl (C=O) groups excluding carboxylic acids is 1. The number of nitrogens with zero attached hydrogens (tertiary/aromatic N) is 1. The van der Waals surface area contributed by atoms with Crippen molar-refractivity contribution in [1.82, 2.24) is 15.5 Å². The Balaban J connectivity index is 2.05. The Hall–Kier alpha value is -2.34. The van der Waals surface area contributed by atoms with Crippen molar-refractivity contribution in [3.8, 4) is 17.0 Å². The van der Waals surface area contributed by atoms with Gasteiger partial charge in [-0.05, 0) is 38.0 Å². The number of benzene rings is 1. The molecule has 1 unspecified atom stereocenters. The molecule has 1 aromatic heterocycles. The van der Waals surface area contributed by atoms with Gasteiger partial charge in [0.2, 0.25) is 0 Å². The number of aliphatic hydroxyl groups is 1. The van der Waals surface area contributed by atoms with E-state index in [1.165, 1.54) is 0 Å². The predicted molar refractivity (Wildman–Crippen MR) is 83.8 cm³/mol. The minimum Gasteiger partial charge on any atom is -0.497 e. The summed E-state index contributed by atoms with van der Waals surface area (Å²) in [5.74, 6) is 0.538. The van der Waals surface area contributed by atoms with Crippen molar-refractivity contribution in [1.29, 1.82) is 0 Å². The average Bonchev–Trinajstić information content (AvgIpc) is 3.03. The van der Waals surface area contributed by atoms with E-state index in [9.17, 15) is 4.79 Å². The molecule has 3 N–H and O–H groups in total. The summed E-state index contributed by atoms with van der Waals surface area (Å²) in [7, 11) is 1.61. The van der Waals surface area contributed by atoms with Crippen LogP contribution in [0.1, 0.15) is 30.3 Å². The lowest BCUT2D eigenvalue weighted by Gasteiger charge is -2.11. The zero-order valence-electron chi connectivity index (χ0n) is 12.8. The molecule has 2 aromatic rings. The first-order valence-electron chi connectivity index (χ1n) is 7.25. The van der Waals surface area contributed by atoms with Gasteiger partial charge in [-0.25, -0.2) is 0 Å². The van der Waals surface area contributed by atoms with E-state index in [1.807, 2.05) is 31.2 Å². The van der Waals surface area contributed by atoms with Gasteiger partial charge in [-0.3, -0.25) is 9.89 Å². The number of nitrogens with one attached hydrogen (secondary N) is 2. The molecule has 0 aliphatic heterocycles. The molecule has 1 atom stereocenters. The molecule has 0 spiro atoms. The van der Waals surface area contributed by atoms with Crippen molar-refractivity contribution in [2.45, 2.75) is 25.8 Å². The maximum atomic E-state index is 12.1. The summed E-state index contributed by atoms with van der Waals surface area (Å²) < 4.78 is 5.18. The third-order valence-electron chi connectivity index (χ3n) is 3.36. The number of H-pyrrole nitrogens is 1.